The predicted octanol–water partition coefficient (Wildman–Crippen LogP) is 4.71. The molecule has 2 heterocycles. The van der Waals surface area contributed by atoms with Crippen LogP contribution in [0.15, 0.2) is 30.3 Å². The molecule has 0 aliphatic rings. The number of nitrogens with zero attached hydrogens (tertiary/aromatic N) is 3. The first-order chi connectivity index (χ1) is 11.7. The molecule has 3 rings (SSSR count). The van der Waals surface area contributed by atoms with Crippen LogP contribution in [0.1, 0.15) is 37.7 Å². The SMILES string of the molecule is Cc1cc(-c2cc(C(C)(C)C)nc(Oc3ccc(F)cc3C)n2)n[nH]1. The minimum absolute atomic E-state index is 0.182. The van der Waals surface area contributed by atoms with Gasteiger partial charge in [0, 0.05) is 11.1 Å². The fourth-order valence-electron chi connectivity index (χ4n) is 2.36. The zero-order valence-corrected chi connectivity index (χ0v) is 15.0. The summed E-state index contributed by atoms with van der Waals surface area (Å²) in [4.78, 5) is 9.01. The van der Waals surface area contributed by atoms with Crippen molar-refractivity contribution in [1.82, 2.24) is 20.2 Å². The quantitative estimate of drug-likeness (QED) is 0.750. The molecule has 0 spiro atoms. The molecule has 0 aliphatic carbocycles. The van der Waals surface area contributed by atoms with Crippen LogP contribution in [-0.2, 0) is 5.41 Å². The van der Waals surface area contributed by atoms with Gasteiger partial charge < -0.3 is 4.74 Å². The number of ether oxygens (including phenoxy) is 1. The van der Waals surface area contributed by atoms with Gasteiger partial charge in [-0.05, 0) is 49.7 Å². The molecule has 6 heteroatoms. The van der Waals surface area contributed by atoms with Crippen LogP contribution in [0.5, 0.6) is 11.8 Å². The molecular weight excluding hydrogens is 319 g/mol. The van der Waals surface area contributed by atoms with Crippen LogP contribution in [0, 0.1) is 19.7 Å². The lowest BCUT2D eigenvalue weighted by Crippen LogP contribution is -2.15. The third-order valence-corrected chi connectivity index (χ3v) is 3.78. The van der Waals surface area contributed by atoms with Gasteiger partial charge in [0.05, 0.1) is 11.4 Å². The van der Waals surface area contributed by atoms with Crippen molar-refractivity contribution in [3.05, 3.63) is 53.1 Å². The predicted molar refractivity (Wildman–Crippen MR) is 94.3 cm³/mol. The van der Waals surface area contributed by atoms with E-state index in [1.807, 2.05) is 19.1 Å². The molecule has 0 atom stereocenters. The van der Waals surface area contributed by atoms with Crippen LogP contribution in [-0.4, -0.2) is 20.2 Å². The molecule has 0 unspecified atom stereocenters. The molecule has 1 N–H and O–H groups in total. The Bertz CT molecular complexity index is 912. The fourth-order valence-corrected chi connectivity index (χ4v) is 2.36. The van der Waals surface area contributed by atoms with E-state index in [9.17, 15) is 4.39 Å². The minimum atomic E-state index is -0.304. The Morgan fingerprint density at radius 3 is 2.36 bits per heavy atom. The summed E-state index contributed by atoms with van der Waals surface area (Å²) in [6.45, 7) is 9.93. The second-order valence-electron chi connectivity index (χ2n) is 7.12. The zero-order chi connectivity index (χ0) is 18.2. The molecule has 5 nitrogen and oxygen atoms in total. The van der Waals surface area contributed by atoms with Crippen LogP contribution < -0.4 is 4.74 Å². The summed E-state index contributed by atoms with van der Waals surface area (Å²) >= 11 is 0. The van der Waals surface area contributed by atoms with Crippen molar-refractivity contribution < 1.29 is 9.13 Å². The van der Waals surface area contributed by atoms with Crippen molar-refractivity contribution in [1.29, 1.82) is 0 Å². The summed E-state index contributed by atoms with van der Waals surface area (Å²) in [7, 11) is 0. The van der Waals surface area contributed by atoms with Gasteiger partial charge in [0.25, 0.3) is 0 Å². The average Bonchev–Trinajstić information content (AvgIpc) is 2.96. The number of aromatic amines is 1. The minimum Gasteiger partial charge on any atom is -0.424 e. The first kappa shape index (κ1) is 17.1. The summed E-state index contributed by atoms with van der Waals surface area (Å²) in [5.41, 5.74) is 3.70. The van der Waals surface area contributed by atoms with Gasteiger partial charge in [0.15, 0.2) is 0 Å². The van der Waals surface area contributed by atoms with E-state index in [4.69, 9.17) is 4.74 Å². The Balaban J connectivity index is 2.06. The van der Waals surface area contributed by atoms with E-state index in [0.717, 1.165) is 17.1 Å². The highest BCUT2D eigenvalue weighted by molar-refractivity contribution is 5.55. The van der Waals surface area contributed by atoms with Crippen molar-refractivity contribution in [2.75, 3.05) is 0 Å². The van der Waals surface area contributed by atoms with Crippen LogP contribution in [0.2, 0.25) is 0 Å². The van der Waals surface area contributed by atoms with Crippen molar-refractivity contribution in [2.24, 2.45) is 0 Å². The van der Waals surface area contributed by atoms with Gasteiger partial charge in [0.1, 0.15) is 17.3 Å². The average molecular weight is 340 g/mol. The van der Waals surface area contributed by atoms with Crippen molar-refractivity contribution in [3.63, 3.8) is 0 Å². The van der Waals surface area contributed by atoms with Crippen molar-refractivity contribution in [2.45, 2.75) is 40.0 Å². The Morgan fingerprint density at radius 1 is 1.00 bits per heavy atom. The number of H-pyrrole nitrogens is 1. The highest BCUT2D eigenvalue weighted by Gasteiger charge is 2.20. The summed E-state index contributed by atoms with van der Waals surface area (Å²) < 4.78 is 19.1. The van der Waals surface area contributed by atoms with E-state index in [2.05, 4.69) is 40.9 Å². The van der Waals surface area contributed by atoms with Crippen LogP contribution in [0.4, 0.5) is 4.39 Å². The maximum atomic E-state index is 13.3. The zero-order valence-electron chi connectivity index (χ0n) is 15.0. The molecule has 0 saturated heterocycles. The number of aryl methyl sites for hydroxylation is 2. The standard InChI is InChI=1S/C19H21FN4O/c1-11-8-13(20)6-7-16(11)25-18-21-14(15-9-12(2)23-24-15)10-17(22-18)19(3,4)5/h6-10H,1-5H3,(H,23,24). The lowest BCUT2D eigenvalue weighted by Gasteiger charge is -2.19. The molecule has 1 aromatic carbocycles. The van der Waals surface area contributed by atoms with Crippen molar-refractivity contribution in [3.8, 4) is 23.1 Å². The number of aromatic nitrogens is 4. The first-order valence-electron chi connectivity index (χ1n) is 8.08. The fraction of sp³-hybridized carbons (Fsp3) is 0.316. The lowest BCUT2D eigenvalue weighted by atomic mass is 9.91. The molecule has 2 aromatic heterocycles. The molecule has 0 radical (unpaired) electrons. The summed E-state index contributed by atoms with van der Waals surface area (Å²) in [6.07, 6.45) is 0. The lowest BCUT2D eigenvalue weighted by molar-refractivity contribution is 0.428. The summed E-state index contributed by atoms with van der Waals surface area (Å²) in [5, 5.41) is 7.18. The second-order valence-corrected chi connectivity index (χ2v) is 7.12. The van der Waals surface area contributed by atoms with Gasteiger partial charge in [0.2, 0.25) is 0 Å². The Hall–Kier alpha value is -2.76. The first-order valence-corrected chi connectivity index (χ1v) is 8.08. The maximum absolute atomic E-state index is 13.3. The van der Waals surface area contributed by atoms with Gasteiger partial charge in [-0.2, -0.15) is 15.1 Å². The summed E-state index contributed by atoms with van der Waals surface area (Å²) in [5.74, 6) is 0.221. The van der Waals surface area contributed by atoms with E-state index in [1.165, 1.54) is 12.1 Å². The van der Waals surface area contributed by atoms with Crippen LogP contribution in [0.25, 0.3) is 11.4 Å². The number of benzene rings is 1. The molecule has 0 amide bonds. The monoisotopic (exact) mass is 340 g/mol. The highest BCUT2D eigenvalue weighted by atomic mass is 19.1. The number of hydrogen-bond donors (Lipinski definition) is 1. The van der Waals surface area contributed by atoms with E-state index >= 15 is 0 Å². The van der Waals surface area contributed by atoms with Crippen molar-refractivity contribution >= 4 is 0 Å². The molecule has 0 aliphatic heterocycles. The van der Waals surface area contributed by atoms with Crippen LogP contribution in [0.3, 0.4) is 0 Å². The number of rotatable bonds is 3. The smallest absolute Gasteiger partial charge is 0.322 e. The van der Waals surface area contributed by atoms with E-state index in [1.54, 1.807) is 13.0 Å². The largest absolute Gasteiger partial charge is 0.424 e. The molecular formula is C19H21FN4O. The Morgan fingerprint density at radius 2 is 1.76 bits per heavy atom. The number of hydrogen-bond acceptors (Lipinski definition) is 4. The highest BCUT2D eigenvalue weighted by Crippen LogP contribution is 2.29. The van der Waals surface area contributed by atoms with E-state index < -0.39 is 0 Å². The molecule has 130 valence electrons. The van der Waals surface area contributed by atoms with Gasteiger partial charge >= 0.3 is 6.01 Å². The molecule has 0 bridgehead atoms. The molecule has 25 heavy (non-hydrogen) atoms. The maximum Gasteiger partial charge on any atom is 0.322 e. The Labute approximate surface area is 146 Å². The number of halogens is 1. The van der Waals surface area contributed by atoms with Crippen LogP contribution >= 0.6 is 0 Å². The van der Waals surface area contributed by atoms with Gasteiger partial charge in [-0.15, -0.1) is 0 Å². The van der Waals surface area contributed by atoms with E-state index in [-0.39, 0.29) is 17.2 Å². The van der Waals surface area contributed by atoms with Gasteiger partial charge in [-0.1, -0.05) is 20.8 Å². The Kier molecular flexibility index (Phi) is 4.29. The normalized spacial score (nSPS) is 11.6. The number of nitrogens with one attached hydrogen (secondary N) is 1. The van der Waals surface area contributed by atoms with Gasteiger partial charge in [-0.3, -0.25) is 5.10 Å². The van der Waals surface area contributed by atoms with E-state index in [0.29, 0.717) is 17.0 Å². The third kappa shape index (κ3) is 3.84. The molecule has 0 saturated carbocycles. The second kappa shape index (κ2) is 6.27. The van der Waals surface area contributed by atoms with Gasteiger partial charge in [-0.25, -0.2) is 4.39 Å². The third-order valence-electron chi connectivity index (χ3n) is 3.78. The molecule has 0 fully saturated rings. The topological polar surface area (TPSA) is 63.7 Å². The molecule has 3 aromatic rings. The summed E-state index contributed by atoms with van der Waals surface area (Å²) in [6, 6.07) is 8.41.